The standard InChI is InChI=1S/C23H29N3/c1-2-25-14-8-11-21(25)16-24-15-20-18-26(17-19-9-4-3-5-10-19)23-13-7-6-12-22(20)23/h3-7,9-10,12-13,18,21,24H,2,8,11,14-17H2,1H3/t21-/m0/s1. The maximum atomic E-state index is 3.72. The number of hydrogen-bond acceptors (Lipinski definition) is 2. The van der Waals surface area contributed by atoms with E-state index in [1.807, 2.05) is 0 Å². The van der Waals surface area contributed by atoms with Crippen molar-refractivity contribution in [2.24, 2.45) is 0 Å². The van der Waals surface area contributed by atoms with Crippen LogP contribution >= 0.6 is 0 Å². The molecule has 2 heterocycles. The van der Waals surface area contributed by atoms with Crippen LogP contribution in [0, 0.1) is 0 Å². The summed E-state index contributed by atoms with van der Waals surface area (Å²) in [6.45, 7) is 7.66. The van der Waals surface area contributed by atoms with E-state index >= 15 is 0 Å². The predicted octanol–water partition coefficient (Wildman–Crippen LogP) is 4.26. The van der Waals surface area contributed by atoms with Gasteiger partial charge in [-0.2, -0.15) is 0 Å². The zero-order chi connectivity index (χ0) is 17.8. The molecule has 0 amide bonds. The average molecular weight is 348 g/mol. The fraction of sp³-hybridized carbons (Fsp3) is 0.391. The maximum absolute atomic E-state index is 3.72. The fourth-order valence-electron chi connectivity index (χ4n) is 4.29. The molecule has 0 aliphatic carbocycles. The highest BCUT2D eigenvalue weighted by Crippen LogP contribution is 2.23. The third kappa shape index (κ3) is 3.69. The number of fused-ring (bicyclic) bond motifs is 1. The van der Waals surface area contributed by atoms with E-state index < -0.39 is 0 Å². The highest BCUT2D eigenvalue weighted by atomic mass is 15.2. The summed E-state index contributed by atoms with van der Waals surface area (Å²) >= 11 is 0. The van der Waals surface area contributed by atoms with E-state index in [-0.39, 0.29) is 0 Å². The van der Waals surface area contributed by atoms with E-state index in [0.717, 1.165) is 19.6 Å². The first-order valence-corrected chi connectivity index (χ1v) is 9.90. The van der Waals surface area contributed by atoms with Crippen molar-refractivity contribution in [2.75, 3.05) is 19.6 Å². The van der Waals surface area contributed by atoms with Crippen molar-refractivity contribution in [3.05, 3.63) is 71.9 Å². The van der Waals surface area contributed by atoms with Crippen molar-refractivity contribution in [1.29, 1.82) is 0 Å². The summed E-state index contributed by atoms with van der Waals surface area (Å²) in [4.78, 5) is 2.60. The molecule has 26 heavy (non-hydrogen) atoms. The number of para-hydroxylation sites is 1. The Kier molecular flexibility index (Phi) is 5.37. The number of likely N-dealkylation sites (N-methyl/N-ethyl adjacent to an activating group) is 1. The van der Waals surface area contributed by atoms with Crippen LogP contribution in [0.15, 0.2) is 60.8 Å². The van der Waals surface area contributed by atoms with Crippen LogP contribution in [0.25, 0.3) is 10.9 Å². The molecule has 1 aliphatic heterocycles. The molecule has 2 aromatic carbocycles. The van der Waals surface area contributed by atoms with Crippen LogP contribution in [0.4, 0.5) is 0 Å². The van der Waals surface area contributed by atoms with Gasteiger partial charge in [0.15, 0.2) is 0 Å². The van der Waals surface area contributed by atoms with Gasteiger partial charge in [0.1, 0.15) is 0 Å². The summed E-state index contributed by atoms with van der Waals surface area (Å²) in [6, 6.07) is 20.2. The Balaban J connectivity index is 1.48. The zero-order valence-electron chi connectivity index (χ0n) is 15.7. The Bertz CT molecular complexity index is 837. The van der Waals surface area contributed by atoms with E-state index in [9.17, 15) is 0 Å². The van der Waals surface area contributed by atoms with Crippen LogP contribution in [0.5, 0.6) is 0 Å². The number of nitrogens with one attached hydrogen (secondary N) is 1. The quantitative estimate of drug-likeness (QED) is 0.689. The van der Waals surface area contributed by atoms with Crippen molar-refractivity contribution in [3.8, 4) is 0 Å². The number of hydrogen-bond donors (Lipinski definition) is 1. The molecular formula is C23H29N3. The Morgan fingerprint density at radius 1 is 1.04 bits per heavy atom. The van der Waals surface area contributed by atoms with Gasteiger partial charge in [0.05, 0.1) is 0 Å². The van der Waals surface area contributed by atoms with Crippen molar-refractivity contribution < 1.29 is 0 Å². The lowest BCUT2D eigenvalue weighted by molar-refractivity contribution is 0.260. The first-order chi connectivity index (χ1) is 12.8. The molecule has 1 fully saturated rings. The number of nitrogens with zero attached hydrogens (tertiary/aromatic N) is 2. The van der Waals surface area contributed by atoms with Gasteiger partial charge >= 0.3 is 0 Å². The van der Waals surface area contributed by atoms with E-state index in [1.165, 1.54) is 48.0 Å². The minimum Gasteiger partial charge on any atom is -0.343 e. The lowest BCUT2D eigenvalue weighted by Gasteiger charge is -2.22. The largest absolute Gasteiger partial charge is 0.343 e. The second-order valence-corrected chi connectivity index (χ2v) is 7.34. The SMILES string of the molecule is CCN1CCC[C@H]1CNCc1cn(Cc2ccccc2)c2ccccc12. The van der Waals surface area contributed by atoms with E-state index in [2.05, 4.69) is 82.5 Å². The average Bonchev–Trinajstić information content (AvgIpc) is 3.28. The summed E-state index contributed by atoms with van der Waals surface area (Å²) in [7, 11) is 0. The summed E-state index contributed by atoms with van der Waals surface area (Å²) in [5.74, 6) is 0. The Morgan fingerprint density at radius 2 is 1.85 bits per heavy atom. The van der Waals surface area contributed by atoms with Crippen LogP contribution in [0.1, 0.15) is 30.9 Å². The Hall–Kier alpha value is -2.10. The van der Waals surface area contributed by atoms with Crippen LogP contribution in [-0.4, -0.2) is 35.1 Å². The molecular weight excluding hydrogens is 318 g/mol. The minimum atomic E-state index is 0.706. The molecule has 3 aromatic rings. The molecule has 1 aromatic heterocycles. The highest BCUT2D eigenvalue weighted by molar-refractivity contribution is 5.84. The van der Waals surface area contributed by atoms with Crippen LogP contribution in [0.3, 0.4) is 0 Å². The van der Waals surface area contributed by atoms with Crippen molar-refractivity contribution in [3.63, 3.8) is 0 Å². The Labute approximate surface area is 156 Å². The second-order valence-electron chi connectivity index (χ2n) is 7.34. The van der Waals surface area contributed by atoms with Gasteiger partial charge in [-0.15, -0.1) is 0 Å². The van der Waals surface area contributed by atoms with Crippen molar-refractivity contribution in [2.45, 2.75) is 38.9 Å². The molecule has 0 bridgehead atoms. The molecule has 3 heteroatoms. The molecule has 1 saturated heterocycles. The minimum absolute atomic E-state index is 0.706. The van der Waals surface area contributed by atoms with Crippen molar-refractivity contribution in [1.82, 2.24) is 14.8 Å². The van der Waals surface area contributed by atoms with Crippen molar-refractivity contribution >= 4 is 10.9 Å². The summed E-state index contributed by atoms with van der Waals surface area (Å²) in [6.07, 6.45) is 5.00. The Morgan fingerprint density at radius 3 is 2.69 bits per heavy atom. The van der Waals surface area contributed by atoms with Crippen LogP contribution in [0.2, 0.25) is 0 Å². The fourth-order valence-corrected chi connectivity index (χ4v) is 4.29. The molecule has 4 rings (SSSR count). The highest BCUT2D eigenvalue weighted by Gasteiger charge is 2.22. The molecule has 3 nitrogen and oxygen atoms in total. The topological polar surface area (TPSA) is 20.2 Å². The first kappa shape index (κ1) is 17.3. The number of rotatable bonds is 7. The first-order valence-electron chi connectivity index (χ1n) is 9.90. The molecule has 1 aliphatic rings. The second kappa shape index (κ2) is 8.07. The normalized spacial score (nSPS) is 18.0. The van der Waals surface area contributed by atoms with E-state index in [4.69, 9.17) is 0 Å². The summed E-state index contributed by atoms with van der Waals surface area (Å²) in [5.41, 5.74) is 4.07. The molecule has 136 valence electrons. The molecule has 0 spiro atoms. The third-order valence-corrected chi connectivity index (χ3v) is 5.67. The zero-order valence-corrected chi connectivity index (χ0v) is 15.7. The molecule has 0 saturated carbocycles. The van der Waals surface area contributed by atoms with Gasteiger partial charge in [-0.3, -0.25) is 4.90 Å². The monoisotopic (exact) mass is 347 g/mol. The van der Waals surface area contributed by atoms with Gasteiger partial charge in [0.2, 0.25) is 0 Å². The van der Waals surface area contributed by atoms with Gasteiger partial charge < -0.3 is 9.88 Å². The maximum Gasteiger partial charge on any atom is 0.0486 e. The van der Waals surface area contributed by atoms with Gasteiger partial charge in [-0.1, -0.05) is 55.5 Å². The summed E-state index contributed by atoms with van der Waals surface area (Å²) in [5, 5.41) is 5.09. The molecule has 1 N–H and O–H groups in total. The third-order valence-electron chi connectivity index (χ3n) is 5.67. The van der Waals surface area contributed by atoms with Gasteiger partial charge in [0, 0.05) is 42.8 Å². The number of aromatic nitrogens is 1. The molecule has 0 radical (unpaired) electrons. The summed E-state index contributed by atoms with van der Waals surface area (Å²) < 4.78 is 2.38. The number of likely N-dealkylation sites (tertiary alicyclic amines) is 1. The molecule has 0 unspecified atom stereocenters. The predicted molar refractivity (Wildman–Crippen MR) is 109 cm³/mol. The lowest BCUT2D eigenvalue weighted by Crippen LogP contribution is -2.37. The van der Waals surface area contributed by atoms with Gasteiger partial charge in [-0.25, -0.2) is 0 Å². The van der Waals surface area contributed by atoms with Crippen LogP contribution in [-0.2, 0) is 13.1 Å². The lowest BCUT2D eigenvalue weighted by atomic mass is 10.1. The molecule has 1 atom stereocenters. The van der Waals surface area contributed by atoms with E-state index in [0.29, 0.717) is 6.04 Å². The number of benzene rings is 2. The van der Waals surface area contributed by atoms with E-state index in [1.54, 1.807) is 0 Å². The van der Waals surface area contributed by atoms with Crippen LogP contribution < -0.4 is 5.32 Å². The van der Waals surface area contributed by atoms with Gasteiger partial charge in [-0.05, 0) is 43.1 Å². The smallest absolute Gasteiger partial charge is 0.0486 e. The van der Waals surface area contributed by atoms with Gasteiger partial charge in [0.25, 0.3) is 0 Å².